The van der Waals surface area contributed by atoms with Crippen LogP contribution in [0.4, 0.5) is 0 Å². The average molecular weight is 269 g/mol. The molecule has 0 radical (unpaired) electrons. The largest absolute Gasteiger partial charge is 0.362 e. The standard InChI is InChI=1S/C14H27N3S/c1-3-9-17(4-2)10-8-15-14-16-13-7-5-6-12(13)11-18-14/h12-13H,3-11H2,1-2H3,(H,15,16). The lowest BCUT2D eigenvalue weighted by Crippen LogP contribution is -2.41. The van der Waals surface area contributed by atoms with E-state index in [0.29, 0.717) is 0 Å². The first-order valence-electron chi connectivity index (χ1n) is 7.49. The Balaban J connectivity index is 1.72. The summed E-state index contributed by atoms with van der Waals surface area (Å²) in [6, 6.07) is 0.725. The molecule has 2 rings (SSSR count). The van der Waals surface area contributed by atoms with Gasteiger partial charge in [-0.2, -0.15) is 0 Å². The van der Waals surface area contributed by atoms with Crippen molar-refractivity contribution in [3.05, 3.63) is 0 Å². The summed E-state index contributed by atoms with van der Waals surface area (Å²) in [7, 11) is 0. The molecule has 1 N–H and O–H groups in total. The third-order valence-electron chi connectivity index (χ3n) is 4.06. The zero-order valence-electron chi connectivity index (χ0n) is 11.8. The first kappa shape index (κ1) is 14.2. The third kappa shape index (κ3) is 3.89. The van der Waals surface area contributed by atoms with E-state index in [1.807, 2.05) is 11.8 Å². The molecule has 0 aromatic carbocycles. The lowest BCUT2D eigenvalue weighted by atomic mass is 10.1. The number of aliphatic imine (C=N–C) groups is 1. The summed E-state index contributed by atoms with van der Waals surface area (Å²) in [6.45, 7) is 8.87. The molecule has 0 spiro atoms. The van der Waals surface area contributed by atoms with Gasteiger partial charge in [-0.25, -0.2) is 0 Å². The minimum atomic E-state index is 0.725. The molecule has 3 nitrogen and oxygen atoms in total. The molecule has 0 amide bonds. The summed E-state index contributed by atoms with van der Waals surface area (Å²) in [5, 5.41) is 4.83. The van der Waals surface area contributed by atoms with Crippen LogP contribution in [0, 0.1) is 5.92 Å². The molecule has 2 fully saturated rings. The quantitative estimate of drug-likeness (QED) is 0.803. The second kappa shape index (κ2) is 7.39. The highest BCUT2D eigenvalue weighted by Crippen LogP contribution is 2.32. The highest BCUT2D eigenvalue weighted by Gasteiger charge is 2.31. The summed E-state index contributed by atoms with van der Waals surface area (Å²) < 4.78 is 0. The third-order valence-corrected chi connectivity index (χ3v) is 5.18. The lowest BCUT2D eigenvalue weighted by molar-refractivity contribution is 0.297. The number of thioether (sulfide) groups is 1. The van der Waals surface area contributed by atoms with Crippen molar-refractivity contribution in [1.29, 1.82) is 0 Å². The highest BCUT2D eigenvalue weighted by molar-refractivity contribution is 8.13. The molecule has 1 aliphatic carbocycles. The average Bonchev–Trinajstić information content (AvgIpc) is 2.85. The second-order valence-corrected chi connectivity index (χ2v) is 6.38. The molecule has 2 atom stereocenters. The number of likely N-dealkylation sites (N-methyl/N-ethyl adjacent to an activating group) is 1. The van der Waals surface area contributed by atoms with Crippen LogP contribution in [0.3, 0.4) is 0 Å². The van der Waals surface area contributed by atoms with Crippen molar-refractivity contribution in [1.82, 2.24) is 10.2 Å². The Kier molecular flexibility index (Phi) is 5.83. The van der Waals surface area contributed by atoms with Gasteiger partial charge in [-0.1, -0.05) is 32.0 Å². The van der Waals surface area contributed by atoms with E-state index in [-0.39, 0.29) is 0 Å². The van der Waals surface area contributed by atoms with E-state index in [2.05, 4.69) is 24.1 Å². The van der Waals surface area contributed by atoms with Gasteiger partial charge in [0.05, 0.1) is 6.54 Å². The van der Waals surface area contributed by atoms with Crippen LogP contribution in [0.15, 0.2) is 4.99 Å². The van der Waals surface area contributed by atoms with E-state index >= 15 is 0 Å². The number of amidine groups is 1. The Morgan fingerprint density at radius 3 is 3.00 bits per heavy atom. The van der Waals surface area contributed by atoms with E-state index in [1.165, 1.54) is 43.1 Å². The van der Waals surface area contributed by atoms with Gasteiger partial charge in [0.2, 0.25) is 0 Å². The Bertz CT molecular complexity index is 280. The normalized spacial score (nSPS) is 29.6. The SMILES string of the molecule is CCCN(CC)CCN=C1NC2CCCC2CS1. The molecule has 0 bridgehead atoms. The van der Waals surface area contributed by atoms with Crippen LogP contribution in [0.2, 0.25) is 0 Å². The molecule has 18 heavy (non-hydrogen) atoms. The summed E-state index contributed by atoms with van der Waals surface area (Å²) >= 11 is 1.93. The zero-order chi connectivity index (χ0) is 12.8. The van der Waals surface area contributed by atoms with Gasteiger partial charge in [0.1, 0.15) is 0 Å². The van der Waals surface area contributed by atoms with Crippen LogP contribution in [-0.2, 0) is 0 Å². The van der Waals surface area contributed by atoms with Gasteiger partial charge in [-0.3, -0.25) is 4.99 Å². The van der Waals surface area contributed by atoms with Crippen molar-refractivity contribution in [2.75, 3.05) is 31.9 Å². The van der Waals surface area contributed by atoms with E-state index in [0.717, 1.165) is 31.6 Å². The predicted octanol–water partition coefficient (Wildman–Crippen LogP) is 2.58. The van der Waals surface area contributed by atoms with E-state index in [4.69, 9.17) is 4.99 Å². The molecule has 1 aliphatic heterocycles. The molecule has 1 heterocycles. The molecule has 104 valence electrons. The van der Waals surface area contributed by atoms with E-state index < -0.39 is 0 Å². The fourth-order valence-corrected chi connectivity index (χ4v) is 4.13. The van der Waals surface area contributed by atoms with Gasteiger partial charge in [-0.05, 0) is 38.3 Å². The van der Waals surface area contributed by atoms with Gasteiger partial charge >= 0.3 is 0 Å². The molecule has 4 heteroatoms. The Morgan fingerprint density at radius 1 is 1.33 bits per heavy atom. The first-order valence-corrected chi connectivity index (χ1v) is 8.48. The summed E-state index contributed by atoms with van der Waals surface area (Å²) in [5.74, 6) is 2.18. The van der Waals surface area contributed by atoms with Crippen LogP contribution >= 0.6 is 11.8 Å². The van der Waals surface area contributed by atoms with Crippen LogP contribution in [0.25, 0.3) is 0 Å². The van der Waals surface area contributed by atoms with Crippen LogP contribution in [-0.4, -0.2) is 48.0 Å². The van der Waals surface area contributed by atoms with E-state index in [1.54, 1.807) is 0 Å². The van der Waals surface area contributed by atoms with E-state index in [9.17, 15) is 0 Å². The smallest absolute Gasteiger partial charge is 0.156 e. The van der Waals surface area contributed by atoms with Gasteiger partial charge in [0, 0.05) is 18.3 Å². The summed E-state index contributed by atoms with van der Waals surface area (Å²) in [5.41, 5.74) is 0. The van der Waals surface area contributed by atoms with Gasteiger partial charge in [-0.15, -0.1) is 0 Å². The molecule has 0 aromatic heterocycles. The number of fused-ring (bicyclic) bond motifs is 1. The number of nitrogens with zero attached hydrogens (tertiary/aromatic N) is 2. The fourth-order valence-electron chi connectivity index (χ4n) is 2.94. The Labute approximate surface area is 116 Å². The number of hydrogen-bond acceptors (Lipinski definition) is 3. The maximum atomic E-state index is 4.74. The number of rotatable bonds is 6. The summed E-state index contributed by atoms with van der Waals surface area (Å²) in [4.78, 5) is 7.22. The van der Waals surface area contributed by atoms with Crippen molar-refractivity contribution in [2.45, 2.75) is 45.6 Å². The van der Waals surface area contributed by atoms with Crippen molar-refractivity contribution in [3.8, 4) is 0 Å². The molecule has 1 saturated carbocycles. The Hall–Kier alpha value is -0.220. The van der Waals surface area contributed by atoms with Gasteiger partial charge < -0.3 is 10.2 Å². The molecule has 0 aromatic rings. The second-order valence-electron chi connectivity index (χ2n) is 5.37. The monoisotopic (exact) mass is 269 g/mol. The molecular formula is C14H27N3S. The van der Waals surface area contributed by atoms with Gasteiger partial charge in [0.15, 0.2) is 5.17 Å². The molecular weight excluding hydrogens is 242 g/mol. The predicted molar refractivity (Wildman–Crippen MR) is 81.4 cm³/mol. The number of hydrogen-bond donors (Lipinski definition) is 1. The van der Waals surface area contributed by atoms with Gasteiger partial charge in [0.25, 0.3) is 0 Å². The first-order chi connectivity index (χ1) is 8.83. The topological polar surface area (TPSA) is 27.6 Å². The highest BCUT2D eigenvalue weighted by atomic mass is 32.2. The fraction of sp³-hybridized carbons (Fsp3) is 0.929. The zero-order valence-corrected chi connectivity index (χ0v) is 12.6. The Morgan fingerprint density at radius 2 is 2.22 bits per heavy atom. The van der Waals surface area contributed by atoms with Crippen molar-refractivity contribution in [3.63, 3.8) is 0 Å². The van der Waals surface area contributed by atoms with Crippen molar-refractivity contribution < 1.29 is 0 Å². The molecule has 1 saturated heterocycles. The van der Waals surface area contributed by atoms with Crippen LogP contribution in [0.5, 0.6) is 0 Å². The molecule has 2 unspecified atom stereocenters. The van der Waals surface area contributed by atoms with Crippen molar-refractivity contribution >= 4 is 16.9 Å². The minimum Gasteiger partial charge on any atom is -0.362 e. The van der Waals surface area contributed by atoms with Crippen LogP contribution in [0.1, 0.15) is 39.5 Å². The maximum absolute atomic E-state index is 4.74. The van der Waals surface area contributed by atoms with Crippen LogP contribution < -0.4 is 5.32 Å². The lowest BCUT2D eigenvalue weighted by Gasteiger charge is -2.28. The maximum Gasteiger partial charge on any atom is 0.156 e. The summed E-state index contributed by atoms with van der Waals surface area (Å²) in [6.07, 6.45) is 5.40. The molecule has 2 aliphatic rings. The number of nitrogens with one attached hydrogen (secondary N) is 1. The minimum absolute atomic E-state index is 0.725. The van der Waals surface area contributed by atoms with Crippen molar-refractivity contribution in [2.24, 2.45) is 10.9 Å².